The van der Waals surface area contributed by atoms with E-state index in [9.17, 15) is 14.4 Å². The van der Waals surface area contributed by atoms with Crippen LogP contribution < -0.4 is 4.90 Å². The number of aliphatic imine (C=N–C) groups is 1. The predicted molar refractivity (Wildman–Crippen MR) is 97.3 cm³/mol. The molecule has 132 valence electrons. The molecule has 26 heavy (non-hydrogen) atoms. The lowest BCUT2D eigenvalue weighted by Crippen LogP contribution is -2.42. The van der Waals surface area contributed by atoms with Crippen LogP contribution in [0, 0.1) is 0 Å². The maximum atomic E-state index is 12.8. The van der Waals surface area contributed by atoms with E-state index in [4.69, 9.17) is 16.3 Å². The number of anilines is 1. The van der Waals surface area contributed by atoms with Crippen molar-refractivity contribution in [1.82, 2.24) is 0 Å². The highest BCUT2D eigenvalue weighted by Gasteiger charge is 2.36. The molecule has 1 atom stereocenters. The van der Waals surface area contributed by atoms with E-state index in [1.807, 2.05) is 30.3 Å². The zero-order valence-corrected chi connectivity index (χ0v) is 14.9. The number of carbonyl (C=O) groups is 3. The molecule has 2 aromatic carbocycles. The number of esters is 1. The molecule has 3 rings (SSSR count). The van der Waals surface area contributed by atoms with E-state index < -0.39 is 24.0 Å². The number of ether oxygens (including phenoxy) is 1. The first kappa shape index (κ1) is 17.8. The molecule has 0 bridgehead atoms. The van der Waals surface area contributed by atoms with Gasteiger partial charge >= 0.3 is 5.97 Å². The van der Waals surface area contributed by atoms with Gasteiger partial charge in [-0.3, -0.25) is 14.4 Å². The summed E-state index contributed by atoms with van der Waals surface area (Å²) in [6.45, 7) is 2.44. The molecular weight excluding hydrogens is 356 g/mol. The number of imide groups is 1. The Kier molecular flexibility index (Phi) is 4.86. The maximum absolute atomic E-state index is 12.8. The Hall–Kier alpha value is -2.99. The zero-order chi connectivity index (χ0) is 18.8. The number of fused-ring (bicyclic) bond motifs is 1. The standard InChI is InChI=1S/C19H15ClN2O4/c1-11(23)22-16-9-8-14(20)10-15(16)17(13-6-4-3-5-7-13)21-18(19(22)25)26-12(2)24/h3-10,18H,1-2H3. The number of hydrogen-bond donors (Lipinski definition) is 0. The molecule has 1 heterocycles. The average Bonchev–Trinajstić information content (AvgIpc) is 2.70. The number of benzene rings is 2. The number of halogens is 1. The van der Waals surface area contributed by atoms with E-state index in [1.54, 1.807) is 18.2 Å². The Bertz CT molecular complexity index is 924. The molecule has 2 aromatic rings. The van der Waals surface area contributed by atoms with Crippen molar-refractivity contribution >= 4 is 40.8 Å². The minimum Gasteiger partial charge on any atom is -0.430 e. The van der Waals surface area contributed by atoms with E-state index in [0.29, 0.717) is 27.5 Å². The maximum Gasteiger partial charge on any atom is 0.305 e. The molecule has 1 unspecified atom stereocenters. The first-order valence-corrected chi connectivity index (χ1v) is 8.21. The van der Waals surface area contributed by atoms with Gasteiger partial charge in [0.1, 0.15) is 0 Å². The molecule has 0 aromatic heterocycles. The molecule has 0 saturated heterocycles. The minimum atomic E-state index is -1.46. The summed E-state index contributed by atoms with van der Waals surface area (Å²) in [7, 11) is 0. The number of hydrogen-bond acceptors (Lipinski definition) is 5. The van der Waals surface area contributed by atoms with E-state index in [2.05, 4.69) is 4.99 Å². The van der Waals surface area contributed by atoms with Gasteiger partial charge in [0, 0.05) is 30.0 Å². The Morgan fingerprint density at radius 1 is 1.12 bits per heavy atom. The quantitative estimate of drug-likeness (QED) is 0.761. The summed E-state index contributed by atoms with van der Waals surface area (Å²) in [4.78, 5) is 41.8. The molecule has 0 spiro atoms. The van der Waals surface area contributed by atoms with Gasteiger partial charge in [-0.2, -0.15) is 0 Å². The summed E-state index contributed by atoms with van der Waals surface area (Å²) in [5.74, 6) is -1.92. The van der Waals surface area contributed by atoms with Crippen molar-refractivity contribution in [3.05, 3.63) is 64.7 Å². The summed E-state index contributed by atoms with van der Waals surface area (Å²) < 4.78 is 5.07. The zero-order valence-electron chi connectivity index (χ0n) is 14.1. The van der Waals surface area contributed by atoms with Crippen molar-refractivity contribution in [3.8, 4) is 0 Å². The van der Waals surface area contributed by atoms with Crippen molar-refractivity contribution in [1.29, 1.82) is 0 Å². The van der Waals surface area contributed by atoms with Crippen LogP contribution in [0.2, 0.25) is 5.02 Å². The van der Waals surface area contributed by atoms with Crippen LogP contribution in [0.3, 0.4) is 0 Å². The predicted octanol–water partition coefficient (Wildman–Crippen LogP) is 2.96. The van der Waals surface area contributed by atoms with Gasteiger partial charge in [0.25, 0.3) is 12.1 Å². The van der Waals surface area contributed by atoms with Crippen molar-refractivity contribution in [2.24, 2.45) is 4.99 Å². The number of benzodiazepines with no additional fused rings is 1. The molecule has 0 radical (unpaired) electrons. The van der Waals surface area contributed by atoms with Gasteiger partial charge in [-0.1, -0.05) is 41.9 Å². The molecule has 0 saturated carbocycles. The lowest BCUT2D eigenvalue weighted by molar-refractivity contribution is -0.152. The molecule has 1 aliphatic rings. The van der Waals surface area contributed by atoms with Crippen molar-refractivity contribution < 1.29 is 19.1 Å². The topological polar surface area (TPSA) is 76.0 Å². The van der Waals surface area contributed by atoms with Crippen LogP contribution in [0.25, 0.3) is 0 Å². The van der Waals surface area contributed by atoms with Crippen LogP contribution in [0.15, 0.2) is 53.5 Å². The monoisotopic (exact) mass is 370 g/mol. The largest absolute Gasteiger partial charge is 0.430 e. The van der Waals surface area contributed by atoms with Gasteiger partial charge < -0.3 is 4.74 Å². The van der Waals surface area contributed by atoms with Gasteiger partial charge in [0.15, 0.2) is 0 Å². The first-order valence-electron chi connectivity index (χ1n) is 7.83. The Labute approximate surface area is 155 Å². The highest BCUT2D eigenvalue weighted by atomic mass is 35.5. The van der Waals surface area contributed by atoms with Crippen LogP contribution in [-0.2, 0) is 19.1 Å². The molecule has 0 fully saturated rings. The Balaban J connectivity index is 2.29. The smallest absolute Gasteiger partial charge is 0.305 e. The fourth-order valence-electron chi connectivity index (χ4n) is 2.75. The lowest BCUT2D eigenvalue weighted by Gasteiger charge is -2.21. The summed E-state index contributed by atoms with van der Waals surface area (Å²) in [6.07, 6.45) is -1.46. The van der Waals surface area contributed by atoms with Gasteiger partial charge in [-0.15, -0.1) is 0 Å². The third kappa shape index (κ3) is 3.36. The Morgan fingerprint density at radius 3 is 2.42 bits per heavy atom. The highest BCUT2D eigenvalue weighted by molar-refractivity contribution is 6.32. The van der Waals surface area contributed by atoms with Crippen LogP contribution in [0.1, 0.15) is 25.0 Å². The van der Waals surface area contributed by atoms with Crippen LogP contribution in [0.4, 0.5) is 5.69 Å². The van der Waals surface area contributed by atoms with E-state index in [0.717, 1.165) is 4.90 Å². The summed E-state index contributed by atoms with van der Waals surface area (Å²) in [6, 6.07) is 13.9. The van der Waals surface area contributed by atoms with Crippen LogP contribution in [-0.4, -0.2) is 29.7 Å². The number of rotatable bonds is 2. The lowest BCUT2D eigenvalue weighted by atomic mass is 10.00. The third-order valence-electron chi connectivity index (χ3n) is 3.77. The van der Waals surface area contributed by atoms with Crippen molar-refractivity contribution in [3.63, 3.8) is 0 Å². The molecule has 6 nitrogen and oxygen atoms in total. The highest BCUT2D eigenvalue weighted by Crippen LogP contribution is 2.31. The fourth-order valence-corrected chi connectivity index (χ4v) is 2.92. The second-order valence-electron chi connectivity index (χ2n) is 5.66. The fraction of sp³-hybridized carbons (Fsp3) is 0.158. The van der Waals surface area contributed by atoms with Crippen LogP contribution >= 0.6 is 11.6 Å². The molecule has 7 heteroatoms. The van der Waals surface area contributed by atoms with E-state index in [1.165, 1.54) is 13.8 Å². The summed E-state index contributed by atoms with van der Waals surface area (Å²) in [5, 5.41) is 0.425. The number of carbonyl (C=O) groups excluding carboxylic acids is 3. The van der Waals surface area contributed by atoms with Gasteiger partial charge in [0.2, 0.25) is 5.91 Å². The van der Waals surface area contributed by atoms with E-state index >= 15 is 0 Å². The average molecular weight is 371 g/mol. The number of nitrogens with zero attached hydrogens (tertiary/aromatic N) is 2. The van der Waals surface area contributed by atoms with E-state index in [-0.39, 0.29) is 0 Å². The second kappa shape index (κ2) is 7.09. The molecule has 2 amide bonds. The molecule has 0 N–H and O–H groups in total. The second-order valence-corrected chi connectivity index (χ2v) is 6.10. The van der Waals surface area contributed by atoms with Crippen molar-refractivity contribution in [2.45, 2.75) is 20.1 Å². The third-order valence-corrected chi connectivity index (χ3v) is 4.01. The van der Waals surface area contributed by atoms with Gasteiger partial charge in [-0.05, 0) is 18.2 Å². The van der Waals surface area contributed by atoms with Crippen molar-refractivity contribution in [2.75, 3.05) is 4.90 Å². The van der Waals surface area contributed by atoms with Gasteiger partial charge in [0.05, 0.1) is 11.4 Å². The SMILES string of the molecule is CC(=O)OC1N=C(c2ccccc2)c2cc(Cl)ccc2N(C(C)=O)C1=O. The van der Waals surface area contributed by atoms with Crippen LogP contribution in [0.5, 0.6) is 0 Å². The Morgan fingerprint density at radius 2 is 1.81 bits per heavy atom. The summed E-state index contributed by atoms with van der Waals surface area (Å²) in [5.41, 5.74) is 1.95. The molecule has 0 aliphatic carbocycles. The first-order chi connectivity index (χ1) is 12.4. The summed E-state index contributed by atoms with van der Waals surface area (Å²) >= 11 is 6.14. The van der Waals surface area contributed by atoms with Gasteiger partial charge in [-0.25, -0.2) is 9.89 Å². The molecular formula is C19H15ClN2O4. The normalized spacial score (nSPS) is 16.4. The minimum absolute atomic E-state index is 0.337. The molecule has 1 aliphatic heterocycles. The number of amides is 2.